The third-order valence-electron chi connectivity index (χ3n) is 4.53. The van der Waals surface area contributed by atoms with Gasteiger partial charge in [0.2, 0.25) is 5.91 Å². The Kier molecular flexibility index (Phi) is 7.12. The van der Waals surface area contributed by atoms with Crippen LogP contribution in [0.2, 0.25) is 0 Å². The lowest BCUT2D eigenvalue weighted by atomic mass is 10.1. The van der Waals surface area contributed by atoms with E-state index in [-0.39, 0.29) is 5.91 Å². The van der Waals surface area contributed by atoms with Crippen molar-refractivity contribution in [2.75, 3.05) is 12.4 Å². The number of carbonyl (C=O) groups is 2. The molecule has 0 fully saturated rings. The summed E-state index contributed by atoms with van der Waals surface area (Å²) in [4.78, 5) is 27.7. The first-order valence-electron chi connectivity index (χ1n) is 9.33. The van der Waals surface area contributed by atoms with E-state index in [1.165, 1.54) is 30.2 Å². The number of hydrogen-bond acceptors (Lipinski definition) is 5. The maximum atomic E-state index is 13.3. The van der Waals surface area contributed by atoms with Crippen LogP contribution in [-0.2, 0) is 16.0 Å². The van der Waals surface area contributed by atoms with E-state index in [0.717, 1.165) is 20.9 Å². The average Bonchev–Trinajstić information content (AvgIpc) is 3.07. The molecule has 1 N–H and O–H groups in total. The van der Waals surface area contributed by atoms with Crippen molar-refractivity contribution in [3.05, 3.63) is 82.2 Å². The topological polar surface area (TPSA) is 55.4 Å². The molecule has 0 aliphatic heterocycles. The Morgan fingerprint density at radius 2 is 1.69 bits per heavy atom. The number of esters is 1. The van der Waals surface area contributed by atoms with Gasteiger partial charge in [0, 0.05) is 9.77 Å². The monoisotopic (exact) mass is 425 g/mol. The maximum absolute atomic E-state index is 13.3. The Morgan fingerprint density at radius 3 is 2.28 bits per heavy atom. The average molecular weight is 426 g/mol. The number of methoxy groups -OCH3 is 1. The molecule has 2 aromatic carbocycles. The molecular weight excluding hydrogens is 402 g/mol. The lowest BCUT2D eigenvalue weighted by Gasteiger charge is -2.17. The number of carbonyl (C=O) groups excluding carboxylic acids is 2. The number of anilines is 1. The summed E-state index contributed by atoms with van der Waals surface area (Å²) in [6, 6.07) is 19.5. The van der Waals surface area contributed by atoms with E-state index in [9.17, 15) is 9.59 Å². The highest BCUT2D eigenvalue weighted by Crippen LogP contribution is 2.39. The molecule has 4 nitrogen and oxygen atoms in total. The molecule has 1 amide bonds. The van der Waals surface area contributed by atoms with Crippen LogP contribution in [0.25, 0.3) is 0 Å². The molecule has 0 unspecified atom stereocenters. The molecule has 3 rings (SSSR count). The van der Waals surface area contributed by atoms with Gasteiger partial charge in [0.05, 0.1) is 12.7 Å². The van der Waals surface area contributed by atoms with Gasteiger partial charge in [0.1, 0.15) is 10.3 Å². The normalized spacial score (nSPS) is 11.7. The zero-order valence-corrected chi connectivity index (χ0v) is 18.2. The van der Waals surface area contributed by atoms with E-state index in [0.29, 0.717) is 17.0 Å². The smallest absolute Gasteiger partial charge is 0.341 e. The fraction of sp³-hybridized carbons (Fsp3) is 0.217. The number of benzene rings is 2. The number of thioether (sulfide) groups is 1. The van der Waals surface area contributed by atoms with Crippen LogP contribution in [0, 0.1) is 6.92 Å². The lowest BCUT2D eigenvalue weighted by molar-refractivity contribution is -0.115. The van der Waals surface area contributed by atoms with Crippen molar-refractivity contribution in [2.45, 2.75) is 30.4 Å². The van der Waals surface area contributed by atoms with Gasteiger partial charge >= 0.3 is 5.97 Å². The second kappa shape index (κ2) is 9.76. The van der Waals surface area contributed by atoms with Gasteiger partial charge in [0.15, 0.2) is 0 Å². The Balaban J connectivity index is 1.94. The standard InChI is InChI=1S/C23H23NO3S2/c1-4-18-15(2)28-22(19(18)23(26)27-3)24-21(25)20(16-11-7-5-8-12-16)29-17-13-9-6-10-14-17/h5-14,20H,4H2,1-3H3,(H,24,25)/t20-/m1/s1. The van der Waals surface area contributed by atoms with Gasteiger partial charge in [-0.25, -0.2) is 4.79 Å². The Labute approximate surface area is 179 Å². The highest BCUT2D eigenvalue weighted by Gasteiger charge is 2.27. The van der Waals surface area contributed by atoms with E-state index in [1.807, 2.05) is 74.5 Å². The number of rotatable bonds is 7. The first-order valence-corrected chi connectivity index (χ1v) is 11.0. The number of thiophene rings is 1. The highest BCUT2D eigenvalue weighted by atomic mass is 32.2. The number of ether oxygens (including phenoxy) is 1. The predicted octanol–water partition coefficient (Wildman–Crippen LogP) is 5.88. The van der Waals surface area contributed by atoms with Crippen LogP contribution in [-0.4, -0.2) is 19.0 Å². The van der Waals surface area contributed by atoms with Crippen molar-refractivity contribution in [3.8, 4) is 0 Å². The van der Waals surface area contributed by atoms with E-state index < -0.39 is 11.2 Å². The van der Waals surface area contributed by atoms with Gasteiger partial charge in [-0.05, 0) is 36.6 Å². The minimum absolute atomic E-state index is 0.167. The minimum Gasteiger partial charge on any atom is -0.465 e. The summed E-state index contributed by atoms with van der Waals surface area (Å²) in [5.41, 5.74) is 2.29. The van der Waals surface area contributed by atoms with Gasteiger partial charge < -0.3 is 10.1 Å². The van der Waals surface area contributed by atoms with E-state index in [2.05, 4.69) is 5.32 Å². The Bertz CT molecular complexity index is 984. The number of amides is 1. The fourth-order valence-electron chi connectivity index (χ4n) is 3.12. The summed E-state index contributed by atoms with van der Waals surface area (Å²) in [7, 11) is 1.36. The molecule has 0 saturated carbocycles. The van der Waals surface area contributed by atoms with Crippen molar-refractivity contribution < 1.29 is 14.3 Å². The molecule has 1 heterocycles. The van der Waals surface area contributed by atoms with E-state index in [1.54, 1.807) is 0 Å². The fourth-order valence-corrected chi connectivity index (χ4v) is 5.31. The highest BCUT2D eigenvalue weighted by molar-refractivity contribution is 8.00. The largest absolute Gasteiger partial charge is 0.465 e. The van der Waals surface area contributed by atoms with E-state index in [4.69, 9.17) is 4.74 Å². The zero-order valence-electron chi connectivity index (χ0n) is 16.6. The summed E-state index contributed by atoms with van der Waals surface area (Å²) < 4.78 is 4.97. The molecule has 1 aromatic heterocycles. The van der Waals surface area contributed by atoms with Gasteiger partial charge in [-0.3, -0.25) is 4.79 Å². The molecule has 3 aromatic rings. The van der Waals surface area contributed by atoms with Crippen LogP contribution in [0.5, 0.6) is 0 Å². The molecule has 0 spiro atoms. The van der Waals surface area contributed by atoms with Gasteiger partial charge in [0.25, 0.3) is 0 Å². The molecule has 0 bridgehead atoms. The van der Waals surface area contributed by atoms with Crippen LogP contribution >= 0.6 is 23.1 Å². The zero-order chi connectivity index (χ0) is 20.8. The van der Waals surface area contributed by atoms with Crippen molar-refractivity contribution in [2.24, 2.45) is 0 Å². The Hall–Kier alpha value is -2.57. The summed E-state index contributed by atoms with van der Waals surface area (Å²) in [6.45, 7) is 3.95. The summed E-state index contributed by atoms with van der Waals surface area (Å²) in [5, 5.41) is 3.10. The van der Waals surface area contributed by atoms with Crippen LogP contribution in [0.15, 0.2) is 65.6 Å². The molecular formula is C23H23NO3S2. The molecule has 29 heavy (non-hydrogen) atoms. The molecule has 0 aliphatic carbocycles. The summed E-state index contributed by atoms with van der Waals surface area (Å²) >= 11 is 2.90. The number of aryl methyl sites for hydroxylation is 1. The van der Waals surface area contributed by atoms with Crippen LogP contribution in [0.4, 0.5) is 5.00 Å². The van der Waals surface area contributed by atoms with E-state index >= 15 is 0 Å². The second-order valence-electron chi connectivity index (χ2n) is 6.40. The quantitative estimate of drug-likeness (QED) is 0.379. The molecule has 0 radical (unpaired) electrons. The first-order chi connectivity index (χ1) is 14.0. The minimum atomic E-state index is -0.448. The summed E-state index contributed by atoms with van der Waals surface area (Å²) in [5.74, 6) is -0.590. The third kappa shape index (κ3) is 4.89. The van der Waals surface area contributed by atoms with Crippen LogP contribution < -0.4 is 5.32 Å². The lowest BCUT2D eigenvalue weighted by Crippen LogP contribution is -2.20. The van der Waals surface area contributed by atoms with Crippen molar-refractivity contribution in [1.82, 2.24) is 0 Å². The summed E-state index contributed by atoms with van der Waals surface area (Å²) in [6.07, 6.45) is 0.698. The Morgan fingerprint density at radius 1 is 1.07 bits per heavy atom. The number of hydrogen-bond donors (Lipinski definition) is 1. The van der Waals surface area contributed by atoms with Gasteiger partial charge in [-0.15, -0.1) is 23.1 Å². The maximum Gasteiger partial charge on any atom is 0.341 e. The SMILES string of the molecule is CCc1c(C)sc(NC(=O)[C@H](Sc2ccccc2)c2ccccc2)c1C(=O)OC. The third-order valence-corrected chi connectivity index (χ3v) is 6.86. The van der Waals surface area contributed by atoms with Gasteiger partial charge in [-0.2, -0.15) is 0 Å². The molecule has 6 heteroatoms. The first kappa shape index (κ1) is 21.1. The van der Waals surface area contributed by atoms with Crippen LogP contribution in [0.1, 0.15) is 38.5 Å². The molecule has 0 saturated heterocycles. The molecule has 1 atom stereocenters. The molecule has 150 valence electrons. The molecule has 0 aliphatic rings. The number of nitrogens with one attached hydrogen (secondary N) is 1. The van der Waals surface area contributed by atoms with Crippen molar-refractivity contribution in [1.29, 1.82) is 0 Å². The second-order valence-corrected chi connectivity index (χ2v) is 8.80. The predicted molar refractivity (Wildman–Crippen MR) is 120 cm³/mol. The van der Waals surface area contributed by atoms with Crippen molar-refractivity contribution in [3.63, 3.8) is 0 Å². The van der Waals surface area contributed by atoms with Crippen LogP contribution in [0.3, 0.4) is 0 Å². The van der Waals surface area contributed by atoms with Crippen molar-refractivity contribution >= 4 is 40.0 Å². The van der Waals surface area contributed by atoms with Gasteiger partial charge in [-0.1, -0.05) is 55.5 Å².